The van der Waals surface area contributed by atoms with Gasteiger partial charge in [0.15, 0.2) is 0 Å². The molecule has 0 unspecified atom stereocenters. The third-order valence-corrected chi connectivity index (χ3v) is 6.92. The molecule has 172 valence electrons. The Kier molecular flexibility index (Phi) is 7.60. The first-order valence-corrected chi connectivity index (χ1v) is 11.8. The first-order valence-electron chi connectivity index (χ1n) is 10.8. The number of rotatable bonds is 8. The monoisotopic (exact) mass is 460 g/mol. The molecule has 1 aliphatic heterocycles. The number of nitrogens with zero attached hydrogens (tertiary/aromatic N) is 2. The zero-order valence-electron chi connectivity index (χ0n) is 18.5. The summed E-state index contributed by atoms with van der Waals surface area (Å²) in [6.07, 6.45) is 1.09. The van der Waals surface area contributed by atoms with E-state index in [1.54, 1.807) is 13.0 Å². The number of thioether (sulfide) groups is 1. The van der Waals surface area contributed by atoms with Crippen molar-refractivity contribution >= 4 is 45.4 Å². The maximum absolute atomic E-state index is 12.7. The Balaban J connectivity index is 1.70. The summed E-state index contributed by atoms with van der Waals surface area (Å²) < 4.78 is 5.41. The Morgan fingerprint density at radius 1 is 1.25 bits per heavy atom. The zero-order chi connectivity index (χ0) is 23.4. The van der Waals surface area contributed by atoms with Gasteiger partial charge in [-0.25, -0.2) is 9.59 Å². The average Bonchev–Trinajstić information content (AvgIpc) is 3.27. The maximum Gasteiger partial charge on any atom is 0.348 e. The summed E-state index contributed by atoms with van der Waals surface area (Å²) in [7, 11) is 0. The second kappa shape index (κ2) is 10.2. The van der Waals surface area contributed by atoms with Gasteiger partial charge in [0.2, 0.25) is 11.0 Å². The Bertz CT molecular complexity index is 1080. The van der Waals surface area contributed by atoms with Crippen LogP contribution in [0.25, 0.3) is 11.0 Å². The summed E-state index contributed by atoms with van der Waals surface area (Å²) >= 11 is 0.870. The van der Waals surface area contributed by atoms with Crippen molar-refractivity contribution in [2.75, 3.05) is 30.3 Å². The standard InChI is InChI=1S/C23H28N2O6S/c1-4-24(5-2)16-9-8-15-11-17(22(29)31-19(15)12-16)23(30)32-13-14(3)20(26)25-10-6-7-18(25)21(27)28/h8-9,11-12,14,18H,4-7,10,13H2,1-3H3,(H,27,28)/t14-,18+/m1/s1. The molecule has 9 heteroatoms. The molecule has 1 fully saturated rings. The zero-order valence-corrected chi connectivity index (χ0v) is 19.3. The minimum atomic E-state index is -1.01. The first kappa shape index (κ1) is 23.8. The Morgan fingerprint density at radius 2 is 1.97 bits per heavy atom. The molecule has 1 aromatic carbocycles. The van der Waals surface area contributed by atoms with Gasteiger partial charge in [0.05, 0.1) is 0 Å². The van der Waals surface area contributed by atoms with Gasteiger partial charge in [-0.2, -0.15) is 0 Å². The van der Waals surface area contributed by atoms with Crippen LogP contribution in [0.1, 0.15) is 44.0 Å². The molecule has 0 spiro atoms. The normalized spacial score (nSPS) is 16.8. The van der Waals surface area contributed by atoms with Crippen LogP contribution >= 0.6 is 11.8 Å². The summed E-state index contributed by atoms with van der Waals surface area (Å²) in [4.78, 5) is 52.6. The molecule has 0 radical (unpaired) electrons. The topological polar surface area (TPSA) is 108 Å². The highest BCUT2D eigenvalue weighted by molar-refractivity contribution is 8.14. The van der Waals surface area contributed by atoms with E-state index in [0.717, 1.165) is 30.5 Å². The van der Waals surface area contributed by atoms with Crippen LogP contribution in [0.4, 0.5) is 5.69 Å². The predicted molar refractivity (Wildman–Crippen MR) is 124 cm³/mol. The van der Waals surface area contributed by atoms with Crippen molar-refractivity contribution in [3.8, 4) is 0 Å². The van der Waals surface area contributed by atoms with Crippen molar-refractivity contribution < 1.29 is 23.9 Å². The van der Waals surface area contributed by atoms with Crippen molar-refractivity contribution in [1.82, 2.24) is 4.90 Å². The van der Waals surface area contributed by atoms with Crippen LogP contribution in [0.3, 0.4) is 0 Å². The molecule has 2 atom stereocenters. The molecular weight excluding hydrogens is 432 g/mol. The van der Waals surface area contributed by atoms with Crippen molar-refractivity contribution in [1.29, 1.82) is 0 Å². The summed E-state index contributed by atoms with van der Waals surface area (Å²) in [5.41, 5.74) is 0.574. The van der Waals surface area contributed by atoms with Gasteiger partial charge in [-0.15, -0.1) is 0 Å². The van der Waals surface area contributed by atoms with Gasteiger partial charge in [-0.05, 0) is 44.9 Å². The molecule has 1 aliphatic rings. The van der Waals surface area contributed by atoms with Crippen molar-refractivity contribution in [2.24, 2.45) is 5.92 Å². The van der Waals surface area contributed by atoms with Gasteiger partial charge in [-0.1, -0.05) is 18.7 Å². The van der Waals surface area contributed by atoms with Crippen LogP contribution < -0.4 is 10.5 Å². The lowest BCUT2D eigenvalue weighted by Gasteiger charge is -2.24. The van der Waals surface area contributed by atoms with E-state index in [-0.39, 0.29) is 17.2 Å². The van der Waals surface area contributed by atoms with E-state index in [1.165, 1.54) is 11.0 Å². The van der Waals surface area contributed by atoms with Crippen LogP contribution in [0, 0.1) is 5.92 Å². The second-order valence-electron chi connectivity index (χ2n) is 7.87. The maximum atomic E-state index is 12.7. The third-order valence-electron chi connectivity index (χ3n) is 5.77. The highest BCUT2D eigenvalue weighted by atomic mass is 32.2. The van der Waals surface area contributed by atoms with Gasteiger partial charge >= 0.3 is 11.6 Å². The number of hydrogen-bond acceptors (Lipinski definition) is 7. The van der Waals surface area contributed by atoms with Crippen molar-refractivity contribution in [3.05, 3.63) is 40.2 Å². The average molecular weight is 461 g/mol. The fourth-order valence-corrected chi connectivity index (χ4v) is 4.79. The summed E-state index contributed by atoms with van der Waals surface area (Å²) in [5.74, 6) is -1.69. The minimum Gasteiger partial charge on any atom is -0.480 e. The number of carbonyl (C=O) groups excluding carboxylic acids is 2. The summed E-state index contributed by atoms with van der Waals surface area (Å²) in [5, 5.41) is 9.45. The van der Waals surface area contributed by atoms with E-state index in [9.17, 15) is 24.3 Å². The number of hydrogen-bond donors (Lipinski definition) is 1. The lowest BCUT2D eigenvalue weighted by molar-refractivity contribution is -0.149. The van der Waals surface area contributed by atoms with Crippen LogP contribution in [-0.4, -0.2) is 58.4 Å². The third kappa shape index (κ3) is 4.98. The second-order valence-corrected chi connectivity index (χ2v) is 8.86. The molecule has 1 amide bonds. The van der Waals surface area contributed by atoms with Crippen molar-refractivity contribution in [2.45, 2.75) is 39.7 Å². The lowest BCUT2D eigenvalue weighted by atomic mass is 10.1. The van der Waals surface area contributed by atoms with E-state index in [0.29, 0.717) is 30.4 Å². The minimum absolute atomic E-state index is 0.0673. The van der Waals surface area contributed by atoms with Crippen LogP contribution in [0.15, 0.2) is 33.5 Å². The quantitative estimate of drug-likeness (QED) is 0.598. The number of aliphatic carboxylic acids is 1. The largest absolute Gasteiger partial charge is 0.480 e. The van der Waals surface area contributed by atoms with Gasteiger partial charge in [0, 0.05) is 48.4 Å². The summed E-state index contributed by atoms with van der Waals surface area (Å²) in [6, 6.07) is 6.25. The van der Waals surface area contributed by atoms with Crippen LogP contribution in [-0.2, 0) is 9.59 Å². The fourth-order valence-electron chi connectivity index (χ4n) is 3.95. The number of fused-ring (bicyclic) bond motifs is 1. The Hall–Kier alpha value is -2.81. The molecule has 2 heterocycles. The van der Waals surface area contributed by atoms with Gasteiger partial charge in [0.25, 0.3) is 0 Å². The molecule has 0 saturated carbocycles. The van der Waals surface area contributed by atoms with Gasteiger partial charge in [0.1, 0.15) is 17.2 Å². The smallest absolute Gasteiger partial charge is 0.348 e. The number of carboxylic acid groups (broad SMARTS) is 1. The molecule has 1 aromatic heterocycles. The van der Waals surface area contributed by atoms with Crippen molar-refractivity contribution in [3.63, 3.8) is 0 Å². The Labute approximate surface area is 190 Å². The number of carboxylic acids is 1. The highest BCUT2D eigenvalue weighted by Crippen LogP contribution is 2.25. The molecule has 0 aliphatic carbocycles. The summed E-state index contributed by atoms with van der Waals surface area (Å²) in [6.45, 7) is 7.79. The Morgan fingerprint density at radius 3 is 2.62 bits per heavy atom. The number of amides is 1. The van der Waals surface area contributed by atoms with Crippen LogP contribution in [0.2, 0.25) is 0 Å². The SMILES string of the molecule is CCN(CC)c1ccc2cc(C(=O)SC[C@@H](C)C(=O)N3CCC[C@H]3C(=O)O)c(=O)oc2c1. The number of likely N-dealkylation sites (tertiary alicyclic amines) is 1. The van der Waals surface area contributed by atoms with Crippen LogP contribution in [0.5, 0.6) is 0 Å². The van der Waals surface area contributed by atoms with E-state index in [2.05, 4.69) is 4.90 Å². The number of carbonyl (C=O) groups is 3. The fraction of sp³-hybridized carbons (Fsp3) is 0.478. The van der Waals surface area contributed by atoms with E-state index >= 15 is 0 Å². The molecule has 8 nitrogen and oxygen atoms in total. The molecule has 0 bridgehead atoms. The van der Waals surface area contributed by atoms with Gasteiger partial charge in [-0.3, -0.25) is 9.59 Å². The highest BCUT2D eigenvalue weighted by Gasteiger charge is 2.36. The molecule has 2 aromatic rings. The molecule has 3 rings (SSSR count). The molecule has 1 saturated heterocycles. The van der Waals surface area contributed by atoms with Gasteiger partial charge < -0.3 is 19.3 Å². The predicted octanol–water partition coefficient (Wildman–Crippen LogP) is 3.22. The number of anilines is 1. The van der Waals surface area contributed by atoms with E-state index in [1.807, 2.05) is 26.0 Å². The molecule has 32 heavy (non-hydrogen) atoms. The number of benzene rings is 1. The molecule has 1 N–H and O–H groups in total. The lowest BCUT2D eigenvalue weighted by Crippen LogP contribution is -2.43. The molecular formula is C23H28N2O6S. The first-order chi connectivity index (χ1) is 15.3. The van der Waals surface area contributed by atoms with E-state index < -0.39 is 28.7 Å². The van der Waals surface area contributed by atoms with E-state index in [4.69, 9.17) is 4.42 Å².